The van der Waals surface area contributed by atoms with Crippen molar-refractivity contribution in [2.45, 2.75) is 136 Å². The lowest BCUT2D eigenvalue weighted by Crippen LogP contribution is -2.04. The predicted octanol–water partition coefficient (Wildman–Crippen LogP) is 13.7. The zero-order valence-electron chi connectivity index (χ0n) is 31.7. The highest BCUT2D eigenvalue weighted by Crippen LogP contribution is 2.46. The molecule has 0 aliphatic rings. The lowest BCUT2D eigenvalue weighted by Gasteiger charge is -2.20. The minimum atomic E-state index is 0.664. The van der Waals surface area contributed by atoms with Gasteiger partial charge in [-0.25, -0.2) is 0 Å². The number of benzene rings is 4. The van der Waals surface area contributed by atoms with Crippen LogP contribution in [0.2, 0.25) is 0 Å². The van der Waals surface area contributed by atoms with Gasteiger partial charge in [0.25, 0.3) is 0 Å². The Bertz CT molecular complexity index is 1620. The molecule has 0 aliphatic carbocycles. The van der Waals surface area contributed by atoms with Crippen molar-refractivity contribution in [1.82, 2.24) is 0 Å². The highest BCUT2D eigenvalue weighted by atomic mass is 32.2. The summed E-state index contributed by atoms with van der Waals surface area (Å²) in [6.45, 7) is 13.8. The Balaban J connectivity index is 1.98. The molecule has 4 rings (SSSR count). The average molecular weight is 699 g/mol. The fourth-order valence-corrected chi connectivity index (χ4v) is 7.43. The molecule has 0 radical (unpaired) electrons. The van der Waals surface area contributed by atoms with Crippen molar-refractivity contribution < 1.29 is 18.9 Å². The molecule has 0 saturated heterocycles. The number of rotatable bonds is 25. The van der Waals surface area contributed by atoms with Gasteiger partial charge in [-0.15, -0.1) is 18.2 Å². The van der Waals surface area contributed by atoms with E-state index in [0.29, 0.717) is 26.4 Å². The van der Waals surface area contributed by atoms with Crippen molar-refractivity contribution in [2.75, 3.05) is 32.2 Å². The molecule has 0 aliphatic heterocycles. The Kier molecular flexibility index (Phi) is 17.3. The topological polar surface area (TPSA) is 36.9 Å². The molecule has 4 aromatic rings. The first kappa shape index (κ1) is 39.6. The largest absolute Gasteiger partial charge is 0.490 e. The number of fused-ring (bicyclic) bond motifs is 6. The standard InChI is InChI=1S/C45H62O4S/c1-7-13-18-23-46-41-29-36-35-28-34(12-6)45(50-27-22-17-11-5)33-40(35)39-32-44(49-26-21-16-10-4)43(48-25-20-15-9-3)31-38(39)37(36)30-42(41)47-24-19-14-8-2/h6,28-33H,7-11,13-27H2,1-5H3. The van der Waals surface area contributed by atoms with Crippen molar-refractivity contribution in [2.24, 2.45) is 0 Å². The summed E-state index contributed by atoms with van der Waals surface area (Å²) in [4.78, 5) is 1.16. The molecule has 0 spiro atoms. The molecule has 0 fully saturated rings. The average Bonchev–Trinajstić information content (AvgIpc) is 3.14. The van der Waals surface area contributed by atoms with E-state index in [9.17, 15) is 0 Å². The van der Waals surface area contributed by atoms with Gasteiger partial charge in [0, 0.05) is 10.5 Å². The summed E-state index contributed by atoms with van der Waals surface area (Å²) in [6.07, 6.45) is 23.1. The Hall–Kier alpha value is -3.23. The molecule has 0 heterocycles. The third-order valence-electron chi connectivity index (χ3n) is 9.34. The molecule has 0 atom stereocenters. The van der Waals surface area contributed by atoms with Gasteiger partial charge in [0.05, 0.1) is 26.4 Å². The van der Waals surface area contributed by atoms with Gasteiger partial charge in [0.1, 0.15) is 0 Å². The monoisotopic (exact) mass is 698 g/mol. The van der Waals surface area contributed by atoms with Gasteiger partial charge < -0.3 is 18.9 Å². The quantitative estimate of drug-likeness (QED) is 0.0298. The fraction of sp³-hybridized carbons (Fsp3) is 0.556. The number of thioether (sulfide) groups is 1. The Morgan fingerprint density at radius 3 is 1.10 bits per heavy atom. The minimum absolute atomic E-state index is 0.664. The Morgan fingerprint density at radius 1 is 0.440 bits per heavy atom. The van der Waals surface area contributed by atoms with E-state index in [2.05, 4.69) is 76.9 Å². The molecule has 0 unspecified atom stereocenters. The predicted molar refractivity (Wildman–Crippen MR) is 217 cm³/mol. The number of ether oxygens (including phenoxy) is 4. The van der Waals surface area contributed by atoms with E-state index in [4.69, 9.17) is 25.4 Å². The molecule has 4 aromatic carbocycles. The zero-order valence-corrected chi connectivity index (χ0v) is 32.5. The molecular weight excluding hydrogens is 637 g/mol. The van der Waals surface area contributed by atoms with Crippen LogP contribution in [0.15, 0.2) is 41.3 Å². The summed E-state index contributed by atoms with van der Waals surface area (Å²) >= 11 is 1.87. The molecule has 0 bridgehead atoms. The second-order valence-corrected chi connectivity index (χ2v) is 14.6. The second kappa shape index (κ2) is 21.9. The van der Waals surface area contributed by atoms with E-state index in [1.165, 1.54) is 24.6 Å². The molecule has 0 aromatic heterocycles. The highest BCUT2D eigenvalue weighted by Gasteiger charge is 2.19. The summed E-state index contributed by atoms with van der Waals surface area (Å²) in [5.41, 5.74) is 0.942. The lowest BCUT2D eigenvalue weighted by atomic mass is 9.92. The third kappa shape index (κ3) is 10.9. The van der Waals surface area contributed by atoms with Gasteiger partial charge in [-0.05, 0) is 107 Å². The van der Waals surface area contributed by atoms with Crippen molar-refractivity contribution in [3.63, 3.8) is 0 Å². The number of unbranched alkanes of at least 4 members (excludes halogenated alkanes) is 10. The van der Waals surface area contributed by atoms with Crippen LogP contribution in [-0.4, -0.2) is 32.2 Å². The molecule has 0 amide bonds. The maximum Gasteiger partial charge on any atom is 0.161 e. The van der Waals surface area contributed by atoms with Gasteiger partial charge in [0.2, 0.25) is 0 Å². The normalized spacial score (nSPS) is 11.4. The van der Waals surface area contributed by atoms with Crippen LogP contribution in [0.4, 0.5) is 0 Å². The SMILES string of the molecule is C#Cc1cc2c3cc(OCCCCC)c(OCCCCC)cc3c3cc(OCCCCC)c(OCCCCC)cc3c2cc1SCCCCC. The van der Waals surface area contributed by atoms with Crippen molar-refractivity contribution in [3.05, 3.63) is 42.0 Å². The maximum absolute atomic E-state index is 6.51. The molecule has 50 heavy (non-hydrogen) atoms. The Labute approximate surface area is 307 Å². The van der Waals surface area contributed by atoms with E-state index < -0.39 is 0 Å². The first-order valence-corrected chi connectivity index (χ1v) is 20.7. The zero-order chi connectivity index (χ0) is 35.6. The van der Waals surface area contributed by atoms with E-state index in [1.54, 1.807) is 0 Å². The van der Waals surface area contributed by atoms with Crippen molar-refractivity contribution in [1.29, 1.82) is 0 Å². The molecule has 4 nitrogen and oxygen atoms in total. The van der Waals surface area contributed by atoms with Crippen LogP contribution < -0.4 is 18.9 Å². The van der Waals surface area contributed by atoms with Gasteiger partial charge >= 0.3 is 0 Å². The highest BCUT2D eigenvalue weighted by molar-refractivity contribution is 7.99. The first-order valence-electron chi connectivity index (χ1n) is 19.8. The molecule has 5 heteroatoms. The Morgan fingerprint density at radius 2 is 0.760 bits per heavy atom. The summed E-state index contributed by atoms with van der Waals surface area (Å²) in [5, 5.41) is 6.81. The number of hydrogen-bond acceptors (Lipinski definition) is 5. The molecule has 0 N–H and O–H groups in total. The van der Waals surface area contributed by atoms with Gasteiger partial charge in [-0.2, -0.15) is 0 Å². The van der Waals surface area contributed by atoms with Crippen LogP contribution in [0.5, 0.6) is 23.0 Å². The van der Waals surface area contributed by atoms with Crippen LogP contribution >= 0.6 is 11.8 Å². The van der Waals surface area contributed by atoms with Crippen LogP contribution in [-0.2, 0) is 0 Å². The maximum atomic E-state index is 6.51. The fourth-order valence-electron chi connectivity index (χ4n) is 6.39. The summed E-state index contributed by atoms with van der Waals surface area (Å²) in [6, 6.07) is 13.4. The van der Waals surface area contributed by atoms with Crippen LogP contribution in [0.1, 0.15) is 136 Å². The van der Waals surface area contributed by atoms with Crippen LogP contribution in [0.3, 0.4) is 0 Å². The number of hydrogen-bond donors (Lipinski definition) is 0. The third-order valence-corrected chi connectivity index (χ3v) is 10.5. The van der Waals surface area contributed by atoms with Crippen molar-refractivity contribution >= 4 is 44.1 Å². The van der Waals surface area contributed by atoms with E-state index in [1.807, 2.05) is 11.8 Å². The smallest absolute Gasteiger partial charge is 0.161 e. The van der Waals surface area contributed by atoms with Crippen LogP contribution in [0.25, 0.3) is 32.3 Å². The van der Waals surface area contributed by atoms with Crippen molar-refractivity contribution in [3.8, 4) is 35.3 Å². The first-order chi connectivity index (χ1) is 24.6. The second-order valence-electron chi connectivity index (χ2n) is 13.5. The van der Waals surface area contributed by atoms with E-state index in [-0.39, 0.29) is 0 Å². The van der Waals surface area contributed by atoms with E-state index >= 15 is 0 Å². The van der Waals surface area contributed by atoms with Crippen LogP contribution in [0, 0.1) is 12.3 Å². The number of terminal acetylenes is 1. The minimum Gasteiger partial charge on any atom is -0.490 e. The molecule has 272 valence electrons. The van der Waals surface area contributed by atoms with Gasteiger partial charge in [-0.3, -0.25) is 0 Å². The summed E-state index contributed by atoms with van der Waals surface area (Å²) in [7, 11) is 0. The summed E-state index contributed by atoms with van der Waals surface area (Å²) in [5.74, 6) is 7.31. The van der Waals surface area contributed by atoms with Gasteiger partial charge in [0.15, 0.2) is 23.0 Å². The lowest BCUT2D eigenvalue weighted by molar-refractivity contribution is 0.260. The van der Waals surface area contributed by atoms with E-state index in [0.717, 1.165) is 143 Å². The van der Waals surface area contributed by atoms with Gasteiger partial charge in [-0.1, -0.05) is 105 Å². The molecule has 0 saturated carbocycles. The molecular formula is C45H62O4S. The summed E-state index contributed by atoms with van der Waals surface area (Å²) < 4.78 is 26.0.